The average Bonchev–Trinajstić information content (AvgIpc) is 2.77. The summed E-state index contributed by atoms with van der Waals surface area (Å²) in [5, 5.41) is 5.03. The molecule has 0 saturated carbocycles. The van der Waals surface area contributed by atoms with Crippen LogP contribution in [0.4, 0.5) is 4.79 Å². The van der Waals surface area contributed by atoms with Gasteiger partial charge in [-0.3, -0.25) is 0 Å². The van der Waals surface area contributed by atoms with Crippen molar-refractivity contribution in [3.63, 3.8) is 0 Å². The molecule has 1 N–H and O–H groups in total. The number of hydrogen-bond donors (Lipinski definition) is 1. The van der Waals surface area contributed by atoms with Gasteiger partial charge in [-0.25, -0.2) is 4.79 Å². The van der Waals surface area contributed by atoms with Crippen molar-refractivity contribution in [1.29, 1.82) is 0 Å². The zero-order chi connectivity index (χ0) is 12.3. The van der Waals surface area contributed by atoms with Gasteiger partial charge in [0.15, 0.2) is 0 Å². The summed E-state index contributed by atoms with van der Waals surface area (Å²) >= 11 is 1.68. The fourth-order valence-electron chi connectivity index (χ4n) is 2.52. The van der Waals surface area contributed by atoms with Crippen molar-refractivity contribution in [1.82, 2.24) is 10.2 Å². The molecular weight excluding hydrogens is 232 g/mol. The normalized spacial score (nSPS) is 24.7. The zero-order valence-corrected chi connectivity index (χ0v) is 11.3. The summed E-state index contributed by atoms with van der Waals surface area (Å²) in [5.41, 5.74) is 0. The fourth-order valence-corrected chi connectivity index (χ4v) is 3.16. The minimum absolute atomic E-state index is 0.0804. The van der Waals surface area contributed by atoms with Gasteiger partial charge in [0, 0.05) is 18.0 Å². The van der Waals surface area contributed by atoms with E-state index in [2.05, 4.69) is 19.2 Å². The average molecular weight is 252 g/mol. The van der Waals surface area contributed by atoms with E-state index in [0.717, 1.165) is 13.1 Å². The van der Waals surface area contributed by atoms with Crippen LogP contribution in [0.3, 0.4) is 0 Å². The van der Waals surface area contributed by atoms with Crippen molar-refractivity contribution in [2.75, 3.05) is 13.1 Å². The Hall–Kier alpha value is -1.03. The molecule has 1 aromatic rings. The first-order valence-electron chi connectivity index (χ1n) is 6.20. The topological polar surface area (TPSA) is 32.3 Å². The van der Waals surface area contributed by atoms with Crippen LogP contribution in [-0.2, 0) is 6.54 Å². The second-order valence-electron chi connectivity index (χ2n) is 5.09. The third-order valence-electron chi connectivity index (χ3n) is 3.15. The maximum absolute atomic E-state index is 12.0. The van der Waals surface area contributed by atoms with E-state index in [1.807, 2.05) is 22.4 Å². The fraction of sp³-hybridized carbons (Fsp3) is 0.615. The molecule has 0 aliphatic carbocycles. The number of likely N-dealkylation sites (tertiary alicyclic amines) is 1. The molecule has 2 rings (SSSR count). The molecule has 4 heteroatoms. The summed E-state index contributed by atoms with van der Waals surface area (Å²) in [7, 11) is 0. The number of nitrogens with zero attached hydrogens (tertiary/aromatic N) is 1. The lowest BCUT2D eigenvalue weighted by atomic mass is 9.92. The number of thiophene rings is 1. The lowest BCUT2D eigenvalue weighted by Gasteiger charge is -2.34. The molecule has 1 aliphatic heterocycles. The predicted octanol–water partition coefficient (Wildman–Crippen LogP) is 2.94. The Morgan fingerprint density at radius 2 is 2.18 bits per heavy atom. The highest BCUT2D eigenvalue weighted by atomic mass is 32.1. The number of piperidine rings is 1. The van der Waals surface area contributed by atoms with E-state index >= 15 is 0 Å². The largest absolute Gasteiger partial charge is 0.333 e. The summed E-state index contributed by atoms with van der Waals surface area (Å²) in [6, 6.07) is 4.14. The van der Waals surface area contributed by atoms with Gasteiger partial charge < -0.3 is 10.2 Å². The SMILES string of the molecule is CC1CC(C)CN(C(=O)NCc2cccs2)C1. The second-order valence-corrected chi connectivity index (χ2v) is 6.12. The van der Waals surface area contributed by atoms with E-state index in [1.165, 1.54) is 11.3 Å². The molecule has 94 valence electrons. The quantitative estimate of drug-likeness (QED) is 0.862. The number of nitrogens with one attached hydrogen (secondary N) is 1. The van der Waals surface area contributed by atoms with E-state index in [-0.39, 0.29) is 6.03 Å². The Morgan fingerprint density at radius 1 is 1.47 bits per heavy atom. The van der Waals surface area contributed by atoms with Crippen molar-refractivity contribution in [2.45, 2.75) is 26.8 Å². The summed E-state index contributed by atoms with van der Waals surface area (Å²) in [5.74, 6) is 1.23. The summed E-state index contributed by atoms with van der Waals surface area (Å²) in [6.45, 7) is 6.86. The summed E-state index contributed by atoms with van der Waals surface area (Å²) in [6.07, 6.45) is 1.23. The van der Waals surface area contributed by atoms with Gasteiger partial charge in [0.25, 0.3) is 0 Å². The van der Waals surface area contributed by atoms with Gasteiger partial charge in [-0.2, -0.15) is 0 Å². The minimum Gasteiger partial charge on any atom is -0.333 e. The molecule has 2 unspecified atom stereocenters. The third-order valence-corrected chi connectivity index (χ3v) is 4.03. The number of amides is 2. The lowest BCUT2D eigenvalue weighted by molar-refractivity contribution is 0.146. The molecule has 0 spiro atoms. The molecule has 1 aromatic heterocycles. The molecule has 3 nitrogen and oxygen atoms in total. The van der Waals surface area contributed by atoms with Crippen molar-refractivity contribution in [3.05, 3.63) is 22.4 Å². The van der Waals surface area contributed by atoms with Crippen LogP contribution in [-0.4, -0.2) is 24.0 Å². The highest BCUT2D eigenvalue weighted by Gasteiger charge is 2.24. The molecule has 17 heavy (non-hydrogen) atoms. The standard InChI is InChI=1S/C13H20N2OS/c1-10-6-11(2)9-15(8-10)13(16)14-7-12-4-3-5-17-12/h3-5,10-11H,6-9H2,1-2H3,(H,14,16). The molecule has 1 saturated heterocycles. The zero-order valence-electron chi connectivity index (χ0n) is 10.5. The van der Waals surface area contributed by atoms with Gasteiger partial charge >= 0.3 is 6.03 Å². The van der Waals surface area contributed by atoms with E-state index < -0.39 is 0 Å². The highest BCUT2D eigenvalue weighted by molar-refractivity contribution is 7.09. The molecule has 1 fully saturated rings. The summed E-state index contributed by atoms with van der Waals surface area (Å²) in [4.78, 5) is 15.2. The Bertz CT molecular complexity index is 354. The molecular formula is C13H20N2OS. The van der Waals surface area contributed by atoms with Crippen LogP contribution in [0.25, 0.3) is 0 Å². The number of hydrogen-bond acceptors (Lipinski definition) is 2. The molecule has 1 aliphatic rings. The van der Waals surface area contributed by atoms with E-state index in [9.17, 15) is 4.79 Å². The maximum atomic E-state index is 12.0. The Morgan fingerprint density at radius 3 is 2.76 bits per heavy atom. The minimum atomic E-state index is 0.0804. The molecule has 2 amide bonds. The Balaban J connectivity index is 1.83. The molecule has 2 heterocycles. The van der Waals surface area contributed by atoms with Gasteiger partial charge in [0.1, 0.15) is 0 Å². The van der Waals surface area contributed by atoms with Crippen molar-refractivity contribution in [3.8, 4) is 0 Å². The van der Waals surface area contributed by atoms with Crippen LogP contribution >= 0.6 is 11.3 Å². The third kappa shape index (κ3) is 3.46. The Labute approximate surface area is 107 Å². The molecule has 2 atom stereocenters. The smallest absolute Gasteiger partial charge is 0.317 e. The number of carbonyl (C=O) groups is 1. The van der Waals surface area contributed by atoms with Crippen LogP contribution in [0.2, 0.25) is 0 Å². The van der Waals surface area contributed by atoms with Crippen molar-refractivity contribution >= 4 is 17.4 Å². The van der Waals surface area contributed by atoms with E-state index in [0.29, 0.717) is 18.4 Å². The van der Waals surface area contributed by atoms with Crippen molar-refractivity contribution in [2.24, 2.45) is 11.8 Å². The van der Waals surface area contributed by atoms with Gasteiger partial charge in [-0.05, 0) is 29.7 Å². The number of carbonyl (C=O) groups excluding carboxylic acids is 1. The predicted molar refractivity (Wildman–Crippen MR) is 71.1 cm³/mol. The summed E-state index contributed by atoms with van der Waals surface area (Å²) < 4.78 is 0. The van der Waals surface area contributed by atoms with Crippen LogP contribution in [0, 0.1) is 11.8 Å². The van der Waals surface area contributed by atoms with E-state index in [4.69, 9.17) is 0 Å². The van der Waals surface area contributed by atoms with Gasteiger partial charge in [0.2, 0.25) is 0 Å². The lowest BCUT2D eigenvalue weighted by Crippen LogP contribution is -2.47. The van der Waals surface area contributed by atoms with Crippen LogP contribution in [0.1, 0.15) is 25.1 Å². The number of urea groups is 1. The van der Waals surface area contributed by atoms with Gasteiger partial charge in [-0.15, -0.1) is 11.3 Å². The van der Waals surface area contributed by atoms with Gasteiger partial charge in [0.05, 0.1) is 6.54 Å². The molecule has 0 radical (unpaired) electrons. The first-order chi connectivity index (χ1) is 8.15. The Kier molecular flexibility index (Phi) is 4.05. The first kappa shape index (κ1) is 12.4. The maximum Gasteiger partial charge on any atom is 0.317 e. The highest BCUT2D eigenvalue weighted by Crippen LogP contribution is 2.20. The van der Waals surface area contributed by atoms with Gasteiger partial charge in [-0.1, -0.05) is 19.9 Å². The van der Waals surface area contributed by atoms with Crippen LogP contribution in [0.5, 0.6) is 0 Å². The van der Waals surface area contributed by atoms with E-state index in [1.54, 1.807) is 11.3 Å². The van der Waals surface area contributed by atoms with Crippen LogP contribution in [0.15, 0.2) is 17.5 Å². The second kappa shape index (κ2) is 5.54. The monoisotopic (exact) mass is 252 g/mol. The number of rotatable bonds is 2. The molecule has 0 aromatic carbocycles. The van der Waals surface area contributed by atoms with Crippen molar-refractivity contribution < 1.29 is 4.79 Å². The molecule has 0 bridgehead atoms. The van der Waals surface area contributed by atoms with Crippen LogP contribution < -0.4 is 5.32 Å². The first-order valence-corrected chi connectivity index (χ1v) is 7.08.